The number of aliphatic hydroxyl groups excluding tert-OH is 1. The molecule has 0 spiro atoms. The Bertz CT molecular complexity index is 690. The zero-order valence-electron chi connectivity index (χ0n) is 12.8. The second-order valence-electron chi connectivity index (χ2n) is 5.32. The number of aromatic nitrogens is 1. The van der Waals surface area contributed by atoms with E-state index in [1.165, 1.54) is 12.3 Å². The molecular formula is C16H18F2N2O2S. The highest BCUT2D eigenvalue weighted by molar-refractivity contribution is 7.16. The second-order valence-corrected chi connectivity index (χ2v) is 6.35. The van der Waals surface area contributed by atoms with Gasteiger partial charge in [-0.1, -0.05) is 20.3 Å². The zero-order chi connectivity index (χ0) is 17.0. The molecular weight excluding hydrogens is 322 g/mol. The number of nitrogens with zero attached hydrogens (tertiary/aromatic N) is 1. The number of nitrogens with one attached hydrogen (secondary N) is 1. The average molecular weight is 340 g/mol. The summed E-state index contributed by atoms with van der Waals surface area (Å²) in [6.45, 7) is 4.03. The van der Waals surface area contributed by atoms with Crippen LogP contribution in [-0.4, -0.2) is 28.6 Å². The van der Waals surface area contributed by atoms with Gasteiger partial charge >= 0.3 is 0 Å². The van der Waals surface area contributed by atoms with Crippen molar-refractivity contribution in [1.29, 1.82) is 0 Å². The molecule has 7 heteroatoms. The standard InChI is InChI=1S/C16H18F2N2O2S/c1-3-9(2)13(21)7-19-15(22)14-8-20-16(23-14)10-4-5-11(17)12(18)6-10/h4-6,8-9,13,21H,3,7H2,1-2H3,(H,19,22). The first kappa shape index (κ1) is 17.5. The zero-order valence-corrected chi connectivity index (χ0v) is 13.7. The SMILES string of the molecule is CCC(C)C(O)CNC(=O)c1cnc(-c2ccc(F)c(F)c2)s1. The van der Waals surface area contributed by atoms with Crippen LogP contribution in [0.4, 0.5) is 8.78 Å². The first-order valence-electron chi connectivity index (χ1n) is 7.29. The van der Waals surface area contributed by atoms with Crippen molar-refractivity contribution in [2.75, 3.05) is 6.54 Å². The van der Waals surface area contributed by atoms with Gasteiger partial charge in [0, 0.05) is 12.1 Å². The third kappa shape index (κ3) is 4.33. The van der Waals surface area contributed by atoms with Gasteiger partial charge in [-0.05, 0) is 24.1 Å². The summed E-state index contributed by atoms with van der Waals surface area (Å²) in [5.74, 6) is -2.14. The van der Waals surface area contributed by atoms with E-state index >= 15 is 0 Å². The molecule has 23 heavy (non-hydrogen) atoms. The molecule has 2 rings (SSSR count). The van der Waals surface area contributed by atoms with Crippen molar-refractivity contribution in [3.8, 4) is 10.6 Å². The van der Waals surface area contributed by atoms with Gasteiger partial charge < -0.3 is 10.4 Å². The topological polar surface area (TPSA) is 62.2 Å². The van der Waals surface area contributed by atoms with Crippen molar-refractivity contribution in [2.45, 2.75) is 26.4 Å². The lowest BCUT2D eigenvalue weighted by atomic mass is 10.0. The minimum Gasteiger partial charge on any atom is -0.391 e. The molecule has 124 valence electrons. The van der Waals surface area contributed by atoms with E-state index in [0.29, 0.717) is 15.4 Å². The number of rotatable bonds is 6. The fourth-order valence-corrected chi connectivity index (χ4v) is 2.73. The molecule has 0 saturated heterocycles. The molecule has 2 aromatic rings. The Labute approximate surface area is 137 Å². The normalized spacial score (nSPS) is 13.6. The number of aliphatic hydroxyl groups is 1. The maximum atomic E-state index is 13.2. The van der Waals surface area contributed by atoms with E-state index in [9.17, 15) is 18.7 Å². The van der Waals surface area contributed by atoms with E-state index in [2.05, 4.69) is 10.3 Å². The number of carbonyl (C=O) groups is 1. The summed E-state index contributed by atoms with van der Waals surface area (Å²) in [6, 6.07) is 3.47. The highest BCUT2D eigenvalue weighted by Crippen LogP contribution is 2.26. The molecule has 1 heterocycles. The molecule has 0 saturated carbocycles. The van der Waals surface area contributed by atoms with Gasteiger partial charge in [0.15, 0.2) is 11.6 Å². The van der Waals surface area contributed by atoms with Crippen molar-refractivity contribution in [2.24, 2.45) is 5.92 Å². The first-order valence-corrected chi connectivity index (χ1v) is 8.11. The Morgan fingerprint density at radius 2 is 2.13 bits per heavy atom. The Morgan fingerprint density at radius 3 is 2.78 bits per heavy atom. The third-order valence-electron chi connectivity index (χ3n) is 3.67. The number of benzene rings is 1. The number of hydrogen-bond donors (Lipinski definition) is 2. The average Bonchev–Trinajstić information content (AvgIpc) is 3.04. The third-order valence-corrected chi connectivity index (χ3v) is 4.71. The van der Waals surface area contributed by atoms with Gasteiger partial charge in [0.25, 0.3) is 5.91 Å². The van der Waals surface area contributed by atoms with Crippen LogP contribution in [-0.2, 0) is 0 Å². The van der Waals surface area contributed by atoms with Crippen LogP contribution in [0.1, 0.15) is 29.9 Å². The molecule has 2 N–H and O–H groups in total. The lowest BCUT2D eigenvalue weighted by Gasteiger charge is -2.17. The molecule has 0 radical (unpaired) electrons. The van der Waals surface area contributed by atoms with Crippen molar-refractivity contribution in [3.05, 3.63) is 40.9 Å². The van der Waals surface area contributed by atoms with E-state index in [1.54, 1.807) is 0 Å². The Kier molecular flexibility index (Phi) is 5.79. The molecule has 1 aromatic heterocycles. The number of hydrogen-bond acceptors (Lipinski definition) is 4. The van der Waals surface area contributed by atoms with E-state index in [1.807, 2.05) is 13.8 Å². The van der Waals surface area contributed by atoms with Gasteiger partial charge in [0.05, 0.1) is 12.3 Å². The summed E-state index contributed by atoms with van der Waals surface area (Å²) in [5.41, 5.74) is 0.410. The van der Waals surface area contributed by atoms with Gasteiger partial charge in [-0.2, -0.15) is 0 Å². The summed E-state index contributed by atoms with van der Waals surface area (Å²) in [5, 5.41) is 12.9. The quantitative estimate of drug-likeness (QED) is 0.849. The van der Waals surface area contributed by atoms with Crippen LogP contribution in [0.2, 0.25) is 0 Å². The molecule has 0 aliphatic heterocycles. The van der Waals surface area contributed by atoms with Gasteiger partial charge in [0.1, 0.15) is 9.88 Å². The lowest BCUT2D eigenvalue weighted by Crippen LogP contribution is -2.35. The monoisotopic (exact) mass is 340 g/mol. The fraction of sp³-hybridized carbons (Fsp3) is 0.375. The number of thiazole rings is 1. The van der Waals surface area contributed by atoms with Gasteiger partial charge in [-0.15, -0.1) is 11.3 Å². The van der Waals surface area contributed by atoms with Crippen LogP contribution in [0.25, 0.3) is 10.6 Å². The number of carbonyl (C=O) groups excluding carboxylic acids is 1. The Hall–Kier alpha value is -1.86. The highest BCUT2D eigenvalue weighted by Gasteiger charge is 2.16. The molecule has 2 unspecified atom stereocenters. The van der Waals surface area contributed by atoms with Gasteiger partial charge in [-0.3, -0.25) is 4.79 Å². The Morgan fingerprint density at radius 1 is 1.39 bits per heavy atom. The highest BCUT2D eigenvalue weighted by atomic mass is 32.1. The molecule has 0 aliphatic carbocycles. The molecule has 0 aliphatic rings. The molecule has 2 atom stereocenters. The van der Waals surface area contributed by atoms with Crippen molar-refractivity contribution in [3.63, 3.8) is 0 Å². The molecule has 4 nitrogen and oxygen atoms in total. The van der Waals surface area contributed by atoms with Crippen LogP contribution in [0.15, 0.2) is 24.4 Å². The maximum Gasteiger partial charge on any atom is 0.263 e. The van der Waals surface area contributed by atoms with Crippen LogP contribution < -0.4 is 5.32 Å². The molecule has 0 fully saturated rings. The summed E-state index contributed by atoms with van der Waals surface area (Å²) in [6.07, 6.45) is 1.59. The molecule has 1 aromatic carbocycles. The van der Waals surface area contributed by atoms with Crippen molar-refractivity contribution >= 4 is 17.2 Å². The maximum absolute atomic E-state index is 13.2. The van der Waals surface area contributed by atoms with E-state index < -0.39 is 17.7 Å². The molecule has 1 amide bonds. The van der Waals surface area contributed by atoms with Crippen molar-refractivity contribution < 1.29 is 18.7 Å². The van der Waals surface area contributed by atoms with E-state index in [-0.39, 0.29) is 18.4 Å². The lowest BCUT2D eigenvalue weighted by molar-refractivity contribution is 0.0853. The van der Waals surface area contributed by atoms with Crippen LogP contribution in [0.5, 0.6) is 0 Å². The van der Waals surface area contributed by atoms with Crippen LogP contribution in [0, 0.1) is 17.6 Å². The fourth-order valence-electron chi connectivity index (χ4n) is 1.90. The number of halogens is 2. The van der Waals surface area contributed by atoms with E-state index in [4.69, 9.17) is 0 Å². The summed E-state index contributed by atoms with van der Waals surface area (Å²) in [7, 11) is 0. The second kappa shape index (κ2) is 7.61. The predicted molar refractivity (Wildman–Crippen MR) is 85.3 cm³/mol. The first-order chi connectivity index (χ1) is 10.9. The summed E-state index contributed by atoms with van der Waals surface area (Å²) < 4.78 is 26.2. The number of amides is 1. The van der Waals surface area contributed by atoms with Crippen LogP contribution >= 0.6 is 11.3 Å². The molecule has 0 bridgehead atoms. The van der Waals surface area contributed by atoms with Crippen LogP contribution in [0.3, 0.4) is 0 Å². The Balaban J connectivity index is 2.03. The minimum atomic E-state index is -0.958. The van der Waals surface area contributed by atoms with Gasteiger partial charge in [0.2, 0.25) is 0 Å². The van der Waals surface area contributed by atoms with Crippen molar-refractivity contribution in [1.82, 2.24) is 10.3 Å². The summed E-state index contributed by atoms with van der Waals surface area (Å²) >= 11 is 1.08. The minimum absolute atomic E-state index is 0.0921. The largest absolute Gasteiger partial charge is 0.391 e. The van der Waals surface area contributed by atoms with Gasteiger partial charge in [-0.25, -0.2) is 13.8 Å². The summed E-state index contributed by atoms with van der Waals surface area (Å²) in [4.78, 5) is 16.5. The smallest absolute Gasteiger partial charge is 0.263 e. The predicted octanol–water partition coefficient (Wildman–Crippen LogP) is 3.23. The van der Waals surface area contributed by atoms with E-state index in [0.717, 1.165) is 29.9 Å².